The van der Waals surface area contributed by atoms with Crippen LogP contribution in [0.5, 0.6) is 0 Å². The van der Waals surface area contributed by atoms with Crippen LogP contribution >= 0.6 is 11.6 Å². The molecule has 1 amide bonds. The number of ether oxygens (including phenoxy) is 1. The summed E-state index contributed by atoms with van der Waals surface area (Å²) in [7, 11) is 0. The van der Waals surface area contributed by atoms with Crippen LogP contribution in [0.25, 0.3) is 0 Å². The predicted octanol–water partition coefficient (Wildman–Crippen LogP) is 4.88. The van der Waals surface area contributed by atoms with Crippen LogP contribution < -0.4 is 4.90 Å². The van der Waals surface area contributed by atoms with Gasteiger partial charge in [-0.05, 0) is 76.6 Å². The summed E-state index contributed by atoms with van der Waals surface area (Å²) in [6.07, 6.45) is 5.20. The average Bonchev–Trinajstić information content (AvgIpc) is 2.78. The highest BCUT2D eigenvalue weighted by Crippen LogP contribution is 2.33. The van der Waals surface area contributed by atoms with Gasteiger partial charge >= 0.3 is 6.09 Å². The average molecular weight is 365 g/mol. The van der Waals surface area contributed by atoms with Crippen LogP contribution in [0.4, 0.5) is 10.5 Å². The fourth-order valence-corrected chi connectivity index (χ4v) is 4.07. The van der Waals surface area contributed by atoms with Crippen molar-refractivity contribution >= 4 is 23.4 Å². The summed E-state index contributed by atoms with van der Waals surface area (Å²) in [6, 6.07) is 6.73. The van der Waals surface area contributed by atoms with Gasteiger partial charge in [0.25, 0.3) is 0 Å². The van der Waals surface area contributed by atoms with E-state index < -0.39 is 5.60 Å². The molecule has 25 heavy (non-hydrogen) atoms. The number of carbonyl (C=O) groups excluding carboxylic acids is 1. The summed E-state index contributed by atoms with van der Waals surface area (Å²) in [6.45, 7) is 8.39. The van der Waals surface area contributed by atoms with E-state index in [1.807, 2.05) is 31.7 Å². The van der Waals surface area contributed by atoms with E-state index in [0.717, 1.165) is 50.3 Å². The number of carbonyl (C=O) groups is 1. The Bertz CT molecular complexity index is 627. The monoisotopic (exact) mass is 364 g/mol. The van der Waals surface area contributed by atoms with Crippen LogP contribution in [-0.4, -0.2) is 42.3 Å². The molecule has 0 spiro atoms. The Morgan fingerprint density at radius 3 is 2.72 bits per heavy atom. The van der Waals surface area contributed by atoms with Crippen molar-refractivity contribution in [2.75, 3.05) is 24.5 Å². The Kier molecular flexibility index (Phi) is 5.47. The van der Waals surface area contributed by atoms with E-state index in [4.69, 9.17) is 16.3 Å². The molecule has 3 rings (SSSR count). The Labute approximate surface area is 156 Å². The molecule has 4 nitrogen and oxygen atoms in total. The molecule has 1 fully saturated rings. The fourth-order valence-electron chi connectivity index (χ4n) is 3.87. The third-order valence-electron chi connectivity index (χ3n) is 4.99. The Hall–Kier alpha value is -1.42. The Morgan fingerprint density at radius 2 is 1.96 bits per heavy atom. The molecule has 0 aromatic heterocycles. The topological polar surface area (TPSA) is 32.8 Å². The summed E-state index contributed by atoms with van der Waals surface area (Å²) in [5.74, 6) is 0. The number of hydrogen-bond donors (Lipinski definition) is 0. The molecule has 2 aliphatic heterocycles. The molecule has 0 N–H and O–H groups in total. The molecule has 2 heterocycles. The number of benzene rings is 1. The predicted molar refractivity (Wildman–Crippen MR) is 103 cm³/mol. The van der Waals surface area contributed by atoms with E-state index in [-0.39, 0.29) is 6.09 Å². The van der Waals surface area contributed by atoms with Gasteiger partial charge in [0, 0.05) is 36.4 Å². The smallest absolute Gasteiger partial charge is 0.410 e. The minimum Gasteiger partial charge on any atom is -0.444 e. The lowest BCUT2D eigenvalue weighted by atomic mass is 9.97. The lowest BCUT2D eigenvalue weighted by Crippen LogP contribution is -2.41. The zero-order valence-electron chi connectivity index (χ0n) is 15.6. The molecule has 1 saturated heterocycles. The first-order valence-corrected chi connectivity index (χ1v) is 9.74. The lowest BCUT2D eigenvalue weighted by molar-refractivity contribution is 0.0256. The van der Waals surface area contributed by atoms with Crippen LogP contribution in [-0.2, 0) is 11.2 Å². The number of amides is 1. The van der Waals surface area contributed by atoms with Gasteiger partial charge in [-0.15, -0.1) is 0 Å². The SMILES string of the molecule is CC(C)(C)OC(=O)N1CCC[C@H](N2CCCc3cc(Cl)ccc32)CC1. The van der Waals surface area contributed by atoms with Crippen molar-refractivity contribution in [1.82, 2.24) is 4.90 Å². The molecule has 1 aromatic rings. The molecule has 1 aromatic carbocycles. The standard InChI is InChI=1S/C20H29ClN2O2/c1-20(2,3)25-19(24)22-11-5-7-17(10-13-22)23-12-4-6-15-14-16(21)8-9-18(15)23/h8-9,14,17H,4-7,10-13H2,1-3H3/t17-/m0/s1. The van der Waals surface area contributed by atoms with Crippen LogP contribution in [0, 0.1) is 0 Å². The van der Waals surface area contributed by atoms with Crippen molar-refractivity contribution in [2.24, 2.45) is 0 Å². The zero-order chi connectivity index (χ0) is 18.0. The number of nitrogens with zero attached hydrogens (tertiary/aromatic N) is 2. The molecule has 1 atom stereocenters. The van der Waals surface area contributed by atoms with E-state index >= 15 is 0 Å². The van der Waals surface area contributed by atoms with Gasteiger partial charge in [0.2, 0.25) is 0 Å². The van der Waals surface area contributed by atoms with Gasteiger partial charge in [-0.3, -0.25) is 0 Å². The van der Waals surface area contributed by atoms with Crippen molar-refractivity contribution in [2.45, 2.75) is 64.5 Å². The number of hydrogen-bond acceptors (Lipinski definition) is 3. The summed E-state index contributed by atoms with van der Waals surface area (Å²) in [5.41, 5.74) is 2.24. The maximum Gasteiger partial charge on any atom is 0.410 e. The number of aryl methyl sites for hydroxylation is 1. The highest BCUT2D eigenvalue weighted by molar-refractivity contribution is 6.30. The van der Waals surface area contributed by atoms with Gasteiger partial charge in [0.05, 0.1) is 0 Å². The van der Waals surface area contributed by atoms with Crippen molar-refractivity contribution in [1.29, 1.82) is 0 Å². The molecule has 0 unspecified atom stereocenters. The van der Waals surface area contributed by atoms with Crippen LogP contribution in [0.1, 0.15) is 52.0 Å². The lowest BCUT2D eigenvalue weighted by Gasteiger charge is -2.38. The van der Waals surface area contributed by atoms with Gasteiger partial charge in [0.15, 0.2) is 0 Å². The fraction of sp³-hybridized carbons (Fsp3) is 0.650. The van der Waals surface area contributed by atoms with Crippen LogP contribution in [0.15, 0.2) is 18.2 Å². The zero-order valence-corrected chi connectivity index (χ0v) is 16.3. The minimum absolute atomic E-state index is 0.182. The number of rotatable bonds is 1. The molecule has 5 heteroatoms. The quantitative estimate of drug-likeness (QED) is 0.711. The first kappa shape index (κ1) is 18.4. The number of fused-ring (bicyclic) bond motifs is 1. The second-order valence-corrected chi connectivity index (χ2v) is 8.56. The molecule has 0 aliphatic carbocycles. The second-order valence-electron chi connectivity index (χ2n) is 8.12. The van der Waals surface area contributed by atoms with Crippen molar-refractivity contribution in [3.63, 3.8) is 0 Å². The number of anilines is 1. The van der Waals surface area contributed by atoms with Gasteiger partial charge in [-0.1, -0.05) is 11.6 Å². The van der Waals surface area contributed by atoms with E-state index in [0.29, 0.717) is 6.04 Å². The summed E-state index contributed by atoms with van der Waals surface area (Å²) in [5, 5.41) is 0.817. The van der Waals surface area contributed by atoms with Crippen molar-refractivity contribution in [3.05, 3.63) is 28.8 Å². The third-order valence-corrected chi connectivity index (χ3v) is 5.22. The molecule has 0 saturated carbocycles. The number of likely N-dealkylation sites (tertiary alicyclic amines) is 1. The third kappa shape index (κ3) is 4.60. The second kappa shape index (κ2) is 7.45. The highest BCUT2D eigenvalue weighted by Gasteiger charge is 2.29. The molecule has 0 bridgehead atoms. The van der Waals surface area contributed by atoms with E-state index in [2.05, 4.69) is 17.0 Å². The first-order valence-electron chi connectivity index (χ1n) is 9.36. The van der Waals surface area contributed by atoms with Gasteiger partial charge in [-0.25, -0.2) is 4.79 Å². The maximum atomic E-state index is 12.4. The van der Waals surface area contributed by atoms with E-state index in [1.165, 1.54) is 17.7 Å². The van der Waals surface area contributed by atoms with Crippen LogP contribution in [0.3, 0.4) is 0 Å². The van der Waals surface area contributed by atoms with Gasteiger partial charge in [0.1, 0.15) is 5.60 Å². The first-order chi connectivity index (χ1) is 11.8. The normalized spacial score (nSPS) is 21.5. The molecular formula is C20H29ClN2O2. The molecule has 138 valence electrons. The molecule has 0 radical (unpaired) electrons. The van der Waals surface area contributed by atoms with Gasteiger partial charge in [-0.2, -0.15) is 0 Å². The Morgan fingerprint density at radius 1 is 1.16 bits per heavy atom. The van der Waals surface area contributed by atoms with E-state index in [9.17, 15) is 4.79 Å². The van der Waals surface area contributed by atoms with Crippen molar-refractivity contribution < 1.29 is 9.53 Å². The summed E-state index contributed by atoms with van der Waals surface area (Å²) in [4.78, 5) is 16.8. The summed E-state index contributed by atoms with van der Waals surface area (Å²) >= 11 is 6.17. The molecule has 2 aliphatic rings. The van der Waals surface area contributed by atoms with Gasteiger partial charge < -0.3 is 14.5 Å². The van der Waals surface area contributed by atoms with Crippen molar-refractivity contribution in [3.8, 4) is 0 Å². The van der Waals surface area contributed by atoms with Crippen LogP contribution in [0.2, 0.25) is 5.02 Å². The highest BCUT2D eigenvalue weighted by atomic mass is 35.5. The maximum absolute atomic E-state index is 12.4. The summed E-state index contributed by atoms with van der Waals surface area (Å²) < 4.78 is 5.54. The largest absolute Gasteiger partial charge is 0.444 e. The Balaban J connectivity index is 1.67. The minimum atomic E-state index is -0.437. The molecular weight excluding hydrogens is 336 g/mol. The van der Waals surface area contributed by atoms with E-state index in [1.54, 1.807) is 0 Å². The number of halogens is 1.